The van der Waals surface area contributed by atoms with Gasteiger partial charge in [-0.2, -0.15) is 0 Å². The van der Waals surface area contributed by atoms with Gasteiger partial charge in [-0.15, -0.1) is 0 Å². The van der Waals surface area contributed by atoms with E-state index in [4.69, 9.17) is 0 Å². The molecule has 0 radical (unpaired) electrons. The highest BCUT2D eigenvalue weighted by atomic mass is 16.3. The molecule has 1 nitrogen and oxygen atoms in total. The third-order valence-electron chi connectivity index (χ3n) is 4.55. The zero-order chi connectivity index (χ0) is 8.28. The topological polar surface area (TPSA) is 20.2 Å². The Labute approximate surface area is 68.8 Å². The van der Waals surface area contributed by atoms with Crippen LogP contribution in [-0.2, 0) is 0 Å². The molecular weight excluding hydrogens is 136 g/mol. The molecule has 0 heterocycles. The Bertz CT molecular complexity index is 161. The van der Waals surface area contributed by atoms with Crippen LogP contribution in [0.1, 0.15) is 40.0 Å². The third kappa shape index (κ3) is 0.703. The summed E-state index contributed by atoms with van der Waals surface area (Å²) in [4.78, 5) is 0. The maximum absolute atomic E-state index is 10.2. The standard InChI is InChI=1S/C10H18O/c1-9(2)7-4-5-8(6-7)10(9,3)11/h7-8,11H,4-6H2,1-3H3/t7-,8+,10-/m0/s1. The summed E-state index contributed by atoms with van der Waals surface area (Å²) in [6, 6.07) is 0. The van der Waals surface area contributed by atoms with Crippen LogP contribution in [0.5, 0.6) is 0 Å². The molecule has 0 spiro atoms. The predicted molar refractivity (Wildman–Crippen MR) is 45.2 cm³/mol. The molecule has 2 fully saturated rings. The van der Waals surface area contributed by atoms with Gasteiger partial charge in [0.15, 0.2) is 0 Å². The van der Waals surface area contributed by atoms with Crippen molar-refractivity contribution in [3.8, 4) is 0 Å². The maximum atomic E-state index is 10.2. The van der Waals surface area contributed by atoms with Crippen LogP contribution in [0.2, 0.25) is 0 Å². The summed E-state index contributed by atoms with van der Waals surface area (Å²) < 4.78 is 0. The lowest BCUT2D eigenvalue weighted by Crippen LogP contribution is -2.46. The molecule has 0 aromatic carbocycles. The van der Waals surface area contributed by atoms with Gasteiger partial charge >= 0.3 is 0 Å². The molecular formula is C10H18O. The first-order chi connectivity index (χ1) is 4.96. The van der Waals surface area contributed by atoms with Gasteiger partial charge in [0.2, 0.25) is 0 Å². The minimum atomic E-state index is -0.393. The summed E-state index contributed by atoms with van der Waals surface area (Å²) in [6.45, 7) is 6.46. The second kappa shape index (κ2) is 1.82. The highest BCUT2D eigenvalue weighted by molar-refractivity contribution is 5.09. The second-order valence-electron chi connectivity index (χ2n) is 5.08. The van der Waals surface area contributed by atoms with Gasteiger partial charge in [-0.05, 0) is 43.4 Å². The lowest BCUT2D eigenvalue weighted by molar-refractivity contribution is -0.0904. The molecule has 0 aromatic rings. The molecule has 0 unspecified atom stereocenters. The Morgan fingerprint density at radius 3 is 1.91 bits per heavy atom. The Morgan fingerprint density at radius 2 is 1.64 bits per heavy atom. The monoisotopic (exact) mass is 154 g/mol. The second-order valence-corrected chi connectivity index (χ2v) is 5.08. The Kier molecular flexibility index (Phi) is 1.26. The first-order valence-corrected chi connectivity index (χ1v) is 4.68. The highest BCUT2D eigenvalue weighted by Gasteiger charge is 2.59. The molecule has 2 bridgehead atoms. The zero-order valence-electron chi connectivity index (χ0n) is 7.72. The van der Waals surface area contributed by atoms with Gasteiger partial charge in [0.1, 0.15) is 0 Å². The molecule has 2 saturated carbocycles. The molecule has 2 aliphatic carbocycles. The molecule has 0 aromatic heterocycles. The van der Waals surface area contributed by atoms with Crippen LogP contribution in [0.3, 0.4) is 0 Å². The van der Waals surface area contributed by atoms with E-state index in [2.05, 4.69) is 13.8 Å². The molecule has 0 amide bonds. The first kappa shape index (κ1) is 7.60. The summed E-state index contributed by atoms with van der Waals surface area (Å²) in [5, 5.41) is 10.2. The van der Waals surface area contributed by atoms with E-state index in [0.717, 1.165) is 5.92 Å². The summed E-state index contributed by atoms with van der Waals surface area (Å²) in [7, 11) is 0. The molecule has 2 rings (SSSR count). The van der Waals surface area contributed by atoms with Crippen molar-refractivity contribution in [2.45, 2.75) is 45.6 Å². The Morgan fingerprint density at radius 1 is 1.09 bits per heavy atom. The number of hydrogen-bond acceptors (Lipinski definition) is 1. The van der Waals surface area contributed by atoms with Crippen LogP contribution < -0.4 is 0 Å². The molecule has 11 heavy (non-hydrogen) atoms. The van der Waals surface area contributed by atoms with E-state index in [9.17, 15) is 5.11 Å². The predicted octanol–water partition coefficient (Wildman–Crippen LogP) is 2.19. The van der Waals surface area contributed by atoms with E-state index < -0.39 is 5.60 Å². The largest absolute Gasteiger partial charge is 0.389 e. The molecule has 3 atom stereocenters. The summed E-state index contributed by atoms with van der Waals surface area (Å²) in [5.74, 6) is 1.37. The molecule has 0 saturated heterocycles. The van der Waals surface area contributed by atoms with E-state index in [0.29, 0.717) is 5.92 Å². The molecule has 64 valence electrons. The van der Waals surface area contributed by atoms with Crippen molar-refractivity contribution in [2.24, 2.45) is 17.3 Å². The van der Waals surface area contributed by atoms with E-state index in [1.54, 1.807) is 0 Å². The van der Waals surface area contributed by atoms with Crippen LogP contribution in [-0.4, -0.2) is 10.7 Å². The highest BCUT2D eigenvalue weighted by Crippen LogP contribution is 2.61. The normalized spacial score (nSPS) is 53.5. The van der Waals surface area contributed by atoms with Crippen LogP contribution >= 0.6 is 0 Å². The SMILES string of the molecule is CC1(C)[C@H]2CC[C@H](C2)[C@]1(C)O. The van der Waals surface area contributed by atoms with Crippen LogP contribution in [0.4, 0.5) is 0 Å². The van der Waals surface area contributed by atoms with Crippen molar-refractivity contribution in [3.05, 3.63) is 0 Å². The van der Waals surface area contributed by atoms with Crippen molar-refractivity contribution >= 4 is 0 Å². The minimum Gasteiger partial charge on any atom is -0.389 e. The minimum absolute atomic E-state index is 0.163. The van der Waals surface area contributed by atoms with Crippen LogP contribution in [0.15, 0.2) is 0 Å². The average Bonchev–Trinajstić information content (AvgIpc) is 2.37. The molecule has 0 aliphatic heterocycles. The zero-order valence-corrected chi connectivity index (χ0v) is 7.72. The lowest BCUT2D eigenvalue weighted by Gasteiger charge is -2.43. The first-order valence-electron chi connectivity index (χ1n) is 4.68. The fraction of sp³-hybridized carbons (Fsp3) is 1.00. The van der Waals surface area contributed by atoms with Crippen molar-refractivity contribution in [2.75, 3.05) is 0 Å². The third-order valence-corrected chi connectivity index (χ3v) is 4.55. The van der Waals surface area contributed by atoms with E-state index in [-0.39, 0.29) is 5.41 Å². The molecule has 2 aliphatic rings. The summed E-state index contributed by atoms with van der Waals surface area (Å²) >= 11 is 0. The Hall–Kier alpha value is -0.0400. The number of hydrogen-bond donors (Lipinski definition) is 1. The summed E-state index contributed by atoms with van der Waals surface area (Å²) in [5.41, 5.74) is -0.230. The average molecular weight is 154 g/mol. The van der Waals surface area contributed by atoms with E-state index in [1.165, 1.54) is 19.3 Å². The van der Waals surface area contributed by atoms with Crippen molar-refractivity contribution in [1.82, 2.24) is 0 Å². The molecule has 1 N–H and O–H groups in total. The maximum Gasteiger partial charge on any atom is 0.0701 e. The van der Waals surface area contributed by atoms with Crippen molar-refractivity contribution in [1.29, 1.82) is 0 Å². The van der Waals surface area contributed by atoms with Crippen LogP contribution in [0, 0.1) is 17.3 Å². The van der Waals surface area contributed by atoms with Gasteiger partial charge in [-0.25, -0.2) is 0 Å². The van der Waals surface area contributed by atoms with Crippen molar-refractivity contribution in [3.63, 3.8) is 0 Å². The van der Waals surface area contributed by atoms with Gasteiger partial charge in [-0.1, -0.05) is 13.8 Å². The van der Waals surface area contributed by atoms with Crippen molar-refractivity contribution < 1.29 is 5.11 Å². The number of rotatable bonds is 0. The van der Waals surface area contributed by atoms with Crippen LogP contribution in [0.25, 0.3) is 0 Å². The van der Waals surface area contributed by atoms with Gasteiger partial charge in [-0.3, -0.25) is 0 Å². The number of fused-ring (bicyclic) bond motifs is 2. The fourth-order valence-electron chi connectivity index (χ4n) is 3.09. The fourth-order valence-corrected chi connectivity index (χ4v) is 3.09. The van der Waals surface area contributed by atoms with Gasteiger partial charge in [0, 0.05) is 0 Å². The smallest absolute Gasteiger partial charge is 0.0701 e. The Balaban J connectivity index is 2.36. The van der Waals surface area contributed by atoms with E-state index >= 15 is 0 Å². The van der Waals surface area contributed by atoms with E-state index in [1.807, 2.05) is 6.92 Å². The lowest BCUT2D eigenvalue weighted by atomic mass is 9.66. The van der Waals surface area contributed by atoms with Gasteiger partial charge in [0.25, 0.3) is 0 Å². The number of aliphatic hydroxyl groups is 1. The quantitative estimate of drug-likeness (QED) is 0.567. The van der Waals surface area contributed by atoms with Gasteiger partial charge < -0.3 is 5.11 Å². The summed E-state index contributed by atoms with van der Waals surface area (Å²) in [6.07, 6.45) is 3.86. The molecule has 1 heteroatoms. The van der Waals surface area contributed by atoms with Gasteiger partial charge in [0.05, 0.1) is 5.60 Å².